The number of nitrogens with one attached hydrogen (secondary N) is 2. The number of rotatable bonds is 9. The second-order valence-electron chi connectivity index (χ2n) is 6.36. The molecule has 2 N–H and O–H groups in total. The summed E-state index contributed by atoms with van der Waals surface area (Å²) in [5.74, 6) is -0.432. The fourth-order valence-electron chi connectivity index (χ4n) is 2.67. The molecule has 10 heteroatoms. The molecule has 2 aromatic carbocycles. The summed E-state index contributed by atoms with van der Waals surface area (Å²) >= 11 is 1.21. The first-order valence-electron chi connectivity index (χ1n) is 9.47. The molecule has 32 heavy (non-hydrogen) atoms. The van der Waals surface area contributed by atoms with Crippen LogP contribution >= 0.6 is 11.3 Å². The van der Waals surface area contributed by atoms with Crippen LogP contribution in [0.2, 0.25) is 0 Å². The van der Waals surface area contributed by atoms with Gasteiger partial charge in [-0.25, -0.2) is 4.98 Å². The molecule has 3 aromatic rings. The summed E-state index contributed by atoms with van der Waals surface area (Å²) in [4.78, 5) is 40.2. The van der Waals surface area contributed by atoms with E-state index in [0.717, 1.165) is 0 Å². The first kappa shape index (κ1) is 22.8. The Kier molecular flexibility index (Phi) is 7.76. The van der Waals surface area contributed by atoms with Gasteiger partial charge in [0.1, 0.15) is 18.0 Å². The number of carbonyl (C=O) groups excluding carboxylic acids is 3. The molecule has 0 saturated carbocycles. The SMILES string of the molecule is COc1ccc(OC)c(-c2csc(NC(=O)COC(=O)CNC(=O)c3ccccc3)n2)c1. The van der Waals surface area contributed by atoms with Gasteiger partial charge in [0.05, 0.1) is 19.9 Å². The van der Waals surface area contributed by atoms with Crippen LogP contribution in [0.25, 0.3) is 11.3 Å². The lowest BCUT2D eigenvalue weighted by atomic mass is 10.1. The second kappa shape index (κ2) is 10.9. The highest BCUT2D eigenvalue weighted by Gasteiger charge is 2.14. The molecule has 0 aliphatic carbocycles. The number of thiazole rings is 1. The Hall–Kier alpha value is -3.92. The molecule has 0 aliphatic rings. The first-order valence-corrected chi connectivity index (χ1v) is 10.3. The smallest absolute Gasteiger partial charge is 0.325 e. The van der Waals surface area contributed by atoms with Crippen LogP contribution in [0, 0.1) is 0 Å². The summed E-state index contributed by atoms with van der Waals surface area (Å²) in [5, 5.41) is 7.11. The largest absolute Gasteiger partial charge is 0.497 e. The van der Waals surface area contributed by atoms with Crippen LogP contribution in [0.3, 0.4) is 0 Å². The summed E-state index contributed by atoms with van der Waals surface area (Å²) in [7, 11) is 3.11. The summed E-state index contributed by atoms with van der Waals surface area (Å²) in [6.45, 7) is -0.852. The molecule has 0 aliphatic heterocycles. The molecule has 3 rings (SSSR count). The monoisotopic (exact) mass is 455 g/mol. The average molecular weight is 455 g/mol. The Bertz CT molecular complexity index is 1100. The molecule has 2 amide bonds. The van der Waals surface area contributed by atoms with E-state index in [9.17, 15) is 14.4 Å². The van der Waals surface area contributed by atoms with Crippen molar-refractivity contribution in [2.24, 2.45) is 0 Å². The number of methoxy groups -OCH3 is 2. The molecular formula is C22H21N3O6S. The van der Waals surface area contributed by atoms with Gasteiger partial charge in [-0.15, -0.1) is 11.3 Å². The van der Waals surface area contributed by atoms with Crippen LogP contribution in [0.5, 0.6) is 11.5 Å². The van der Waals surface area contributed by atoms with Crippen molar-refractivity contribution < 1.29 is 28.6 Å². The zero-order valence-electron chi connectivity index (χ0n) is 17.4. The van der Waals surface area contributed by atoms with Gasteiger partial charge in [-0.05, 0) is 30.3 Å². The summed E-state index contributed by atoms with van der Waals surface area (Å²) in [6, 6.07) is 13.8. The zero-order valence-corrected chi connectivity index (χ0v) is 18.2. The Balaban J connectivity index is 1.49. The van der Waals surface area contributed by atoms with Crippen LogP contribution in [0.4, 0.5) is 5.13 Å². The second-order valence-corrected chi connectivity index (χ2v) is 7.22. The van der Waals surface area contributed by atoms with Gasteiger partial charge < -0.3 is 19.5 Å². The first-order chi connectivity index (χ1) is 15.5. The minimum atomic E-state index is -0.731. The van der Waals surface area contributed by atoms with E-state index in [-0.39, 0.29) is 6.54 Å². The third-order valence-electron chi connectivity index (χ3n) is 4.23. The van der Waals surface area contributed by atoms with Gasteiger partial charge in [-0.1, -0.05) is 18.2 Å². The maximum absolute atomic E-state index is 12.1. The van der Waals surface area contributed by atoms with E-state index in [1.54, 1.807) is 68.1 Å². The van der Waals surface area contributed by atoms with Crippen molar-refractivity contribution in [3.63, 3.8) is 0 Å². The maximum Gasteiger partial charge on any atom is 0.325 e. The number of hydrogen-bond donors (Lipinski definition) is 2. The van der Waals surface area contributed by atoms with Crippen molar-refractivity contribution in [3.8, 4) is 22.8 Å². The van der Waals surface area contributed by atoms with Crippen LogP contribution in [-0.2, 0) is 14.3 Å². The van der Waals surface area contributed by atoms with Crippen LogP contribution in [0.15, 0.2) is 53.9 Å². The predicted octanol–water partition coefficient (Wildman–Crippen LogP) is 2.74. The number of ether oxygens (including phenoxy) is 3. The van der Waals surface area contributed by atoms with Crippen molar-refractivity contribution in [2.75, 3.05) is 32.7 Å². The normalized spacial score (nSPS) is 10.2. The standard InChI is InChI=1S/C22H21N3O6S/c1-29-15-8-9-18(30-2)16(10-15)17-13-32-22(24-17)25-19(26)12-31-20(27)11-23-21(28)14-6-4-3-5-7-14/h3-10,13H,11-12H2,1-2H3,(H,23,28)(H,24,25,26). The third-order valence-corrected chi connectivity index (χ3v) is 4.98. The molecule has 1 aromatic heterocycles. The Morgan fingerprint density at radius 1 is 1.03 bits per heavy atom. The Morgan fingerprint density at radius 2 is 1.81 bits per heavy atom. The highest BCUT2D eigenvalue weighted by atomic mass is 32.1. The number of aromatic nitrogens is 1. The fourth-order valence-corrected chi connectivity index (χ4v) is 3.39. The van der Waals surface area contributed by atoms with E-state index >= 15 is 0 Å². The molecule has 0 fully saturated rings. The number of amides is 2. The molecule has 166 valence electrons. The number of anilines is 1. The van der Waals surface area contributed by atoms with Crippen LogP contribution in [0.1, 0.15) is 10.4 Å². The quantitative estimate of drug-likeness (QED) is 0.477. The highest BCUT2D eigenvalue weighted by molar-refractivity contribution is 7.14. The van der Waals surface area contributed by atoms with Gasteiger partial charge in [-0.3, -0.25) is 19.7 Å². The topological polar surface area (TPSA) is 116 Å². The lowest BCUT2D eigenvalue weighted by molar-refractivity contribution is -0.146. The van der Waals surface area contributed by atoms with E-state index in [0.29, 0.717) is 33.5 Å². The van der Waals surface area contributed by atoms with Crippen molar-refractivity contribution in [1.82, 2.24) is 10.3 Å². The minimum Gasteiger partial charge on any atom is -0.497 e. The van der Waals surface area contributed by atoms with Crippen LogP contribution < -0.4 is 20.1 Å². The minimum absolute atomic E-state index is 0.336. The number of nitrogens with zero attached hydrogens (tertiary/aromatic N) is 1. The van der Waals surface area contributed by atoms with Gasteiger partial charge >= 0.3 is 5.97 Å². The lowest BCUT2D eigenvalue weighted by Gasteiger charge is -2.08. The summed E-state index contributed by atoms with van der Waals surface area (Å²) in [6.07, 6.45) is 0. The molecule has 9 nitrogen and oxygen atoms in total. The maximum atomic E-state index is 12.1. The number of esters is 1. The number of benzene rings is 2. The predicted molar refractivity (Wildman–Crippen MR) is 119 cm³/mol. The summed E-state index contributed by atoms with van der Waals surface area (Å²) in [5.41, 5.74) is 1.73. The molecule has 0 spiro atoms. The van der Waals surface area contributed by atoms with Gasteiger partial charge in [-0.2, -0.15) is 0 Å². The molecule has 0 saturated heterocycles. The van der Waals surface area contributed by atoms with Crippen molar-refractivity contribution >= 4 is 34.3 Å². The van der Waals surface area contributed by atoms with Crippen molar-refractivity contribution in [3.05, 3.63) is 59.5 Å². The molecule has 1 heterocycles. The number of carbonyl (C=O) groups is 3. The van der Waals surface area contributed by atoms with E-state index in [1.165, 1.54) is 11.3 Å². The highest BCUT2D eigenvalue weighted by Crippen LogP contribution is 2.34. The fraction of sp³-hybridized carbons (Fsp3) is 0.182. The Labute approximate surface area is 188 Å². The molecule has 0 atom stereocenters. The van der Waals surface area contributed by atoms with Gasteiger partial charge in [0.2, 0.25) is 0 Å². The van der Waals surface area contributed by atoms with Crippen molar-refractivity contribution in [2.45, 2.75) is 0 Å². The molecule has 0 unspecified atom stereocenters. The molecular weight excluding hydrogens is 434 g/mol. The van der Waals surface area contributed by atoms with Crippen molar-refractivity contribution in [1.29, 1.82) is 0 Å². The van der Waals surface area contributed by atoms with Gasteiger partial charge in [0, 0.05) is 16.5 Å². The van der Waals surface area contributed by atoms with Crippen LogP contribution in [-0.4, -0.2) is 50.1 Å². The Morgan fingerprint density at radius 3 is 2.53 bits per heavy atom. The van der Waals surface area contributed by atoms with Gasteiger partial charge in [0.15, 0.2) is 11.7 Å². The lowest BCUT2D eigenvalue weighted by Crippen LogP contribution is -2.32. The molecule has 0 radical (unpaired) electrons. The van der Waals surface area contributed by atoms with Gasteiger partial charge in [0.25, 0.3) is 11.8 Å². The van der Waals surface area contributed by atoms with E-state index in [2.05, 4.69) is 15.6 Å². The number of hydrogen-bond acceptors (Lipinski definition) is 8. The summed E-state index contributed by atoms with van der Waals surface area (Å²) < 4.78 is 15.5. The van der Waals surface area contributed by atoms with E-state index in [4.69, 9.17) is 14.2 Å². The zero-order chi connectivity index (χ0) is 22.9. The van der Waals surface area contributed by atoms with E-state index in [1.807, 2.05) is 0 Å². The molecule has 0 bridgehead atoms. The van der Waals surface area contributed by atoms with E-state index < -0.39 is 24.4 Å². The third kappa shape index (κ3) is 6.05. The average Bonchev–Trinajstić information content (AvgIpc) is 3.29.